The van der Waals surface area contributed by atoms with Crippen molar-refractivity contribution in [3.05, 3.63) is 60.0 Å². The number of aryl methyl sites for hydroxylation is 3. The van der Waals surface area contributed by atoms with Crippen LogP contribution in [0.2, 0.25) is 0 Å². The quantitative estimate of drug-likeness (QED) is 0.379. The molecule has 4 aromatic rings. The summed E-state index contributed by atoms with van der Waals surface area (Å²) in [5, 5.41) is 1.08. The van der Waals surface area contributed by atoms with Crippen LogP contribution in [0, 0.1) is 13.8 Å². The summed E-state index contributed by atoms with van der Waals surface area (Å²) in [6.07, 6.45) is 0. The molecule has 0 unspecified atom stereocenters. The van der Waals surface area contributed by atoms with E-state index < -0.39 is 10.1 Å². The van der Waals surface area contributed by atoms with E-state index in [1.807, 2.05) is 49.7 Å². The summed E-state index contributed by atoms with van der Waals surface area (Å²) >= 11 is 0. The number of oxazole rings is 1. The lowest BCUT2D eigenvalue weighted by atomic mass is 10.2. The van der Waals surface area contributed by atoms with Crippen LogP contribution in [-0.2, 0) is 17.2 Å². The number of para-hydroxylation sites is 1. The molecule has 0 fully saturated rings. The molecule has 28 heavy (non-hydrogen) atoms. The maximum absolute atomic E-state index is 10.4. The Morgan fingerprint density at radius 1 is 1.11 bits per heavy atom. The molecule has 2 heterocycles. The molecule has 0 aliphatic carbocycles. The van der Waals surface area contributed by atoms with Crippen LogP contribution in [-0.4, -0.2) is 25.1 Å². The van der Waals surface area contributed by atoms with Gasteiger partial charge in [0.1, 0.15) is 10.1 Å². The zero-order valence-electron chi connectivity index (χ0n) is 16.0. The molecule has 0 saturated carbocycles. The minimum atomic E-state index is -4.27. The fraction of sp³-hybridized carbons (Fsp3) is 0.200. The third-order valence-electron chi connectivity index (χ3n) is 4.24. The van der Waals surface area contributed by atoms with Gasteiger partial charge in [0.25, 0.3) is 0 Å². The number of ether oxygens (including phenoxy) is 1. The van der Waals surface area contributed by atoms with Gasteiger partial charge < -0.3 is 13.7 Å². The highest BCUT2D eigenvalue weighted by molar-refractivity contribution is 7.85. The first-order chi connectivity index (χ1) is 13.2. The van der Waals surface area contributed by atoms with Gasteiger partial charge in [-0.1, -0.05) is 29.8 Å². The summed E-state index contributed by atoms with van der Waals surface area (Å²) in [7, 11) is -0.629. The number of pyridine rings is 1. The Labute approximate surface area is 163 Å². The van der Waals surface area contributed by atoms with E-state index in [-0.39, 0.29) is 4.90 Å². The lowest BCUT2D eigenvalue weighted by Gasteiger charge is -2.05. The molecule has 2 aromatic heterocycles. The molecule has 0 amide bonds. The van der Waals surface area contributed by atoms with Crippen LogP contribution in [0.15, 0.2) is 57.8 Å². The van der Waals surface area contributed by atoms with Gasteiger partial charge >= 0.3 is 11.5 Å². The van der Waals surface area contributed by atoms with E-state index in [0.717, 1.165) is 33.4 Å². The number of hydrogen-bond donors (Lipinski definition) is 0. The predicted molar refractivity (Wildman–Crippen MR) is 103 cm³/mol. The highest BCUT2D eigenvalue weighted by atomic mass is 32.2. The molecule has 2 aromatic carbocycles. The molecular weight excluding hydrogens is 380 g/mol. The smallest absolute Gasteiger partial charge is 0.370 e. The van der Waals surface area contributed by atoms with E-state index in [0.29, 0.717) is 5.89 Å². The van der Waals surface area contributed by atoms with E-state index in [1.54, 1.807) is 19.2 Å². The summed E-state index contributed by atoms with van der Waals surface area (Å²) in [6, 6.07) is 13.7. The van der Waals surface area contributed by atoms with Crippen molar-refractivity contribution in [1.29, 1.82) is 0 Å². The van der Waals surface area contributed by atoms with Crippen molar-refractivity contribution < 1.29 is 26.7 Å². The average molecular weight is 400 g/mol. The van der Waals surface area contributed by atoms with Crippen LogP contribution in [0.5, 0.6) is 5.75 Å². The Hall–Kier alpha value is -2.97. The topological polar surface area (TPSA) is 96.3 Å². The Balaban J connectivity index is 0.000000178. The fourth-order valence-corrected chi connectivity index (χ4v) is 3.37. The van der Waals surface area contributed by atoms with Crippen LogP contribution >= 0.6 is 0 Å². The molecule has 0 aliphatic heterocycles. The van der Waals surface area contributed by atoms with Gasteiger partial charge in [-0.3, -0.25) is 0 Å². The molecule has 0 aliphatic rings. The van der Waals surface area contributed by atoms with Crippen molar-refractivity contribution >= 4 is 32.3 Å². The average Bonchev–Trinajstić information content (AvgIpc) is 3.02. The van der Waals surface area contributed by atoms with E-state index in [2.05, 4.69) is 4.98 Å². The van der Waals surface area contributed by atoms with Gasteiger partial charge in [-0.15, -0.1) is 0 Å². The minimum Gasteiger partial charge on any atom is -0.744 e. The van der Waals surface area contributed by atoms with Crippen molar-refractivity contribution in [1.82, 2.24) is 4.98 Å². The van der Waals surface area contributed by atoms with Crippen LogP contribution in [0.25, 0.3) is 22.1 Å². The second kappa shape index (κ2) is 7.57. The van der Waals surface area contributed by atoms with E-state index in [1.165, 1.54) is 12.1 Å². The molecule has 0 radical (unpaired) electrons. The summed E-state index contributed by atoms with van der Waals surface area (Å²) in [5.74, 6) is 1.51. The van der Waals surface area contributed by atoms with Crippen molar-refractivity contribution in [2.45, 2.75) is 18.7 Å². The van der Waals surface area contributed by atoms with Crippen molar-refractivity contribution in [2.24, 2.45) is 7.05 Å². The zero-order valence-corrected chi connectivity index (χ0v) is 16.8. The lowest BCUT2D eigenvalue weighted by molar-refractivity contribution is -0.619. The zero-order chi connectivity index (χ0) is 20.5. The van der Waals surface area contributed by atoms with Gasteiger partial charge in [0.2, 0.25) is 5.58 Å². The number of aromatic nitrogens is 2. The fourth-order valence-electron chi connectivity index (χ4n) is 2.90. The largest absolute Gasteiger partial charge is 0.744 e. The Bertz CT molecular complexity index is 1250. The highest BCUT2D eigenvalue weighted by Gasteiger charge is 2.19. The Morgan fingerprint density at radius 2 is 1.79 bits per heavy atom. The maximum Gasteiger partial charge on any atom is 0.370 e. The molecule has 0 N–H and O–H groups in total. The van der Waals surface area contributed by atoms with Crippen molar-refractivity contribution in [3.8, 4) is 5.75 Å². The first kappa shape index (κ1) is 19.8. The van der Waals surface area contributed by atoms with Gasteiger partial charge in [0.05, 0.1) is 19.1 Å². The number of benzene rings is 2. The molecule has 7 nitrogen and oxygen atoms in total. The molecule has 4 rings (SSSR count). The highest BCUT2D eigenvalue weighted by Crippen LogP contribution is 2.25. The molecule has 8 heteroatoms. The second-order valence-electron chi connectivity index (χ2n) is 6.29. The molecular formula is C20H20N2O5S. The maximum atomic E-state index is 10.4. The van der Waals surface area contributed by atoms with Crippen molar-refractivity contribution in [3.63, 3.8) is 0 Å². The first-order valence-electron chi connectivity index (χ1n) is 8.46. The molecule has 0 spiro atoms. The number of rotatable bonds is 2. The third kappa shape index (κ3) is 3.97. The third-order valence-corrected chi connectivity index (χ3v) is 5.09. The van der Waals surface area contributed by atoms with E-state index >= 15 is 0 Å². The number of hydrogen-bond acceptors (Lipinski definition) is 6. The molecule has 146 valence electrons. The standard InChI is InChI=1S/C13H13N2O2.C7H8O3S/c1-8-14-13-11(17-8)7-9-5-4-6-10(16-3)12(9)15(13)2;1-6-2-4-7(5-3-6)11(8,9)10/h4-7H,1-3H3;2-5H,1H3,(H,8,9,10)/q+1;/p-1. The second-order valence-corrected chi connectivity index (χ2v) is 7.67. The molecule has 0 saturated heterocycles. The predicted octanol–water partition coefficient (Wildman–Crippen LogP) is 3.02. The molecule has 0 bridgehead atoms. The number of nitrogens with zero attached hydrogens (tertiary/aromatic N) is 2. The Kier molecular flexibility index (Phi) is 5.35. The van der Waals surface area contributed by atoms with Crippen molar-refractivity contribution in [2.75, 3.05) is 7.11 Å². The summed E-state index contributed by atoms with van der Waals surface area (Å²) in [5.41, 5.74) is 3.58. The monoisotopic (exact) mass is 400 g/mol. The summed E-state index contributed by atoms with van der Waals surface area (Å²) in [6.45, 7) is 3.67. The Morgan fingerprint density at radius 3 is 2.39 bits per heavy atom. The number of fused-ring (bicyclic) bond motifs is 2. The van der Waals surface area contributed by atoms with E-state index in [9.17, 15) is 13.0 Å². The van der Waals surface area contributed by atoms with Crippen LogP contribution in [0.4, 0.5) is 0 Å². The lowest BCUT2D eigenvalue weighted by Crippen LogP contribution is -2.30. The van der Waals surface area contributed by atoms with Gasteiger partial charge in [-0.2, -0.15) is 0 Å². The first-order valence-corrected chi connectivity index (χ1v) is 9.87. The minimum absolute atomic E-state index is 0.178. The van der Waals surface area contributed by atoms with Gasteiger partial charge in [0, 0.05) is 18.4 Å². The molecule has 0 atom stereocenters. The van der Waals surface area contributed by atoms with Crippen LogP contribution in [0.3, 0.4) is 0 Å². The normalized spacial score (nSPS) is 11.3. The van der Waals surface area contributed by atoms with Gasteiger partial charge in [0.15, 0.2) is 11.3 Å². The van der Waals surface area contributed by atoms with Gasteiger partial charge in [-0.05, 0) is 30.1 Å². The van der Waals surface area contributed by atoms with Crippen LogP contribution < -0.4 is 9.30 Å². The van der Waals surface area contributed by atoms with Gasteiger partial charge in [-0.25, -0.2) is 13.0 Å². The number of methoxy groups -OCH3 is 1. The SMILES string of the molecule is COc1cccc2cc3oc(C)nc3[n+](C)c12.Cc1ccc(S(=O)(=O)[O-])cc1. The summed E-state index contributed by atoms with van der Waals surface area (Å²) < 4.78 is 44.1. The van der Waals surface area contributed by atoms with Crippen LogP contribution in [0.1, 0.15) is 11.5 Å². The van der Waals surface area contributed by atoms with E-state index in [4.69, 9.17) is 9.15 Å². The summed E-state index contributed by atoms with van der Waals surface area (Å²) in [4.78, 5) is 4.20.